The van der Waals surface area contributed by atoms with Crippen molar-refractivity contribution in [2.45, 2.75) is 54.9 Å². The lowest BCUT2D eigenvalue weighted by Gasteiger charge is -2.34. The molecule has 2 aromatic rings. The molecule has 148 valence electrons. The Morgan fingerprint density at radius 1 is 1.04 bits per heavy atom. The average Bonchev–Trinajstić information content (AvgIpc) is 3.27. The van der Waals surface area contributed by atoms with E-state index in [0.29, 0.717) is 18.3 Å². The fourth-order valence-electron chi connectivity index (χ4n) is 4.32. The van der Waals surface area contributed by atoms with Crippen molar-refractivity contribution in [3.8, 4) is 0 Å². The number of aromatic nitrogens is 1. The molecule has 2 heterocycles. The smallest absolute Gasteiger partial charge is 0.256 e. The number of carbonyl (C=O) groups is 1. The molecule has 1 aliphatic heterocycles. The minimum atomic E-state index is -0.453. The number of pyridine rings is 1. The highest BCUT2D eigenvalue weighted by Crippen LogP contribution is 2.36. The van der Waals surface area contributed by atoms with E-state index in [4.69, 9.17) is 0 Å². The average molecular weight is 397 g/mol. The number of thioether (sulfide) groups is 1. The lowest BCUT2D eigenvalue weighted by Crippen LogP contribution is -2.40. The van der Waals surface area contributed by atoms with Crippen LogP contribution in [0.3, 0.4) is 0 Å². The summed E-state index contributed by atoms with van der Waals surface area (Å²) < 4.78 is 0. The summed E-state index contributed by atoms with van der Waals surface area (Å²) in [6.45, 7) is 1.38. The quantitative estimate of drug-likeness (QED) is 0.796. The number of likely N-dealkylation sites (tertiary alicyclic amines) is 1. The molecule has 1 saturated carbocycles. The van der Waals surface area contributed by atoms with Gasteiger partial charge in [0.25, 0.3) is 5.91 Å². The van der Waals surface area contributed by atoms with Gasteiger partial charge in [-0.1, -0.05) is 43.2 Å². The van der Waals surface area contributed by atoms with E-state index in [1.807, 2.05) is 47.4 Å². The van der Waals surface area contributed by atoms with Crippen molar-refractivity contribution in [2.24, 2.45) is 5.92 Å². The van der Waals surface area contributed by atoms with E-state index in [2.05, 4.69) is 4.98 Å². The van der Waals surface area contributed by atoms with Crippen molar-refractivity contribution in [1.82, 2.24) is 9.88 Å². The molecule has 4 nitrogen and oxygen atoms in total. The maximum absolute atomic E-state index is 13.2. The topological polar surface area (TPSA) is 53.4 Å². The lowest BCUT2D eigenvalue weighted by molar-refractivity contribution is 0.0459. The third kappa shape index (κ3) is 4.41. The highest BCUT2D eigenvalue weighted by molar-refractivity contribution is 7.99. The summed E-state index contributed by atoms with van der Waals surface area (Å²) in [5.74, 6) is 0.286. The third-order valence-electron chi connectivity index (χ3n) is 6.00. The number of rotatable bonds is 5. The van der Waals surface area contributed by atoms with E-state index in [1.165, 1.54) is 25.7 Å². The molecule has 5 heteroatoms. The highest BCUT2D eigenvalue weighted by atomic mass is 32.2. The number of benzene rings is 1. The van der Waals surface area contributed by atoms with Crippen LogP contribution in [-0.4, -0.2) is 39.2 Å². The molecule has 1 unspecified atom stereocenters. The van der Waals surface area contributed by atoms with Gasteiger partial charge < -0.3 is 10.0 Å². The van der Waals surface area contributed by atoms with Crippen LogP contribution in [0, 0.1) is 5.92 Å². The van der Waals surface area contributed by atoms with Crippen LogP contribution in [0.1, 0.15) is 60.6 Å². The number of hydrogen-bond acceptors (Lipinski definition) is 4. The number of aliphatic hydroxyl groups excluding tert-OH is 1. The Labute approximate surface area is 171 Å². The summed E-state index contributed by atoms with van der Waals surface area (Å²) in [6.07, 6.45) is 7.99. The van der Waals surface area contributed by atoms with E-state index < -0.39 is 6.10 Å². The number of piperidine rings is 1. The molecule has 1 atom stereocenters. The van der Waals surface area contributed by atoms with E-state index in [1.54, 1.807) is 18.0 Å². The normalized spacial score (nSPS) is 19.7. The summed E-state index contributed by atoms with van der Waals surface area (Å²) in [7, 11) is 0. The Bertz CT molecular complexity index is 784. The number of aliphatic hydroxyl groups is 1. The van der Waals surface area contributed by atoms with Gasteiger partial charge >= 0.3 is 0 Å². The fourth-order valence-corrected chi connectivity index (χ4v) is 5.61. The molecule has 0 spiro atoms. The van der Waals surface area contributed by atoms with Gasteiger partial charge in [0.15, 0.2) is 0 Å². The maximum Gasteiger partial charge on any atom is 0.256 e. The predicted molar refractivity (Wildman–Crippen MR) is 112 cm³/mol. The molecular formula is C23H28N2O2S. The van der Waals surface area contributed by atoms with Crippen molar-refractivity contribution >= 4 is 17.7 Å². The second-order valence-corrected chi connectivity index (χ2v) is 9.15. The molecule has 1 amide bonds. The van der Waals surface area contributed by atoms with Crippen LogP contribution >= 0.6 is 11.8 Å². The largest absolute Gasteiger partial charge is 0.388 e. The Morgan fingerprint density at radius 3 is 2.46 bits per heavy atom. The number of hydrogen-bond donors (Lipinski definition) is 1. The molecule has 1 aromatic carbocycles. The fraction of sp³-hybridized carbons (Fsp3) is 0.478. The zero-order valence-electron chi connectivity index (χ0n) is 16.2. The van der Waals surface area contributed by atoms with E-state index in [-0.39, 0.29) is 11.8 Å². The summed E-state index contributed by atoms with van der Waals surface area (Å²) >= 11 is 1.77. The zero-order valence-corrected chi connectivity index (χ0v) is 17.0. The molecule has 2 fully saturated rings. The van der Waals surface area contributed by atoms with Gasteiger partial charge in [-0.05, 0) is 49.3 Å². The third-order valence-corrected chi connectivity index (χ3v) is 7.35. The first-order valence-corrected chi connectivity index (χ1v) is 11.2. The van der Waals surface area contributed by atoms with Crippen molar-refractivity contribution < 1.29 is 9.90 Å². The predicted octanol–water partition coefficient (Wildman–Crippen LogP) is 4.70. The maximum atomic E-state index is 13.2. The SMILES string of the molecule is O=C(c1cccnc1SC1CCCC1)N1CCC(C(O)c2ccccc2)CC1. The molecule has 28 heavy (non-hydrogen) atoms. The molecular weight excluding hydrogens is 368 g/mol. The van der Waals surface area contributed by atoms with Crippen LogP contribution in [0.15, 0.2) is 53.7 Å². The Morgan fingerprint density at radius 2 is 1.75 bits per heavy atom. The summed E-state index contributed by atoms with van der Waals surface area (Å²) in [4.78, 5) is 19.6. The number of nitrogens with zero attached hydrogens (tertiary/aromatic N) is 2. The first-order chi connectivity index (χ1) is 13.7. The monoisotopic (exact) mass is 396 g/mol. The molecule has 1 aliphatic carbocycles. The molecule has 1 saturated heterocycles. The van der Waals surface area contributed by atoms with Crippen LogP contribution in [0.4, 0.5) is 0 Å². The van der Waals surface area contributed by atoms with Gasteiger partial charge in [-0.3, -0.25) is 4.79 Å². The highest BCUT2D eigenvalue weighted by Gasteiger charge is 2.30. The molecule has 1 N–H and O–H groups in total. The van der Waals surface area contributed by atoms with Gasteiger partial charge in [0.2, 0.25) is 0 Å². The standard InChI is InChI=1S/C23H28N2O2S/c26-21(17-7-2-1-3-8-17)18-12-15-25(16-13-18)23(27)20-11-6-14-24-22(20)28-19-9-4-5-10-19/h1-3,6-8,11,14,18-19,21,26H,4-5,9-10,12-13,15-16H2. The Balaban J connectivity index is 1.39. The van der Waals surface area contributed by atoms with Gasteiger partial charge in [0, 0.05) is 24.5 Å². The summed E-state index contributed by atoms with van der Waals surface area (Å²) in [5.41, 5.74) is 1.70. The molecule has 0 radical (unpaired) electrons. The summed E-state index contributed by atoms with van der Waals surface area (Å²) in [6, 6.07) is 13.6. The Kier molecular flexibility index (Phi) is 6.33. The molecule has 0 bridgehead atoms. The second-order valence-electron chi connectivity index (χ2n) is 7.87. The van der Waals surface area contributed by atoms with Crippen LogP contribution in [0.2, 0.25) is 0 Å². The molecule has 4 rings (SSSR count). The Hall–Kier alpha value is -1.85. The zero-order chi connectivity index (χ0) is 19.3. The van der Waals surface area contributed by atoms with Crippen LogP contribution < -0.4 is 0 Å². The number of carbonyl (C=O) groups excluding carboxylic acids is 1. The van der Waals surface area contributed by atoms with Crippen molar-refractivity contribution in [3.63, 3.8) is 0 Å². The van der Waals surface area contributed by atoms with Gasteiger partial charge in [0.05, 0.1) is 11.7 Å². The van der Waals surface area contributed by atoms with E-state index >= 15 is 0 Å². The number of amides is 1. The lowest BCUT2D eigenvalue weighted by atomic mass is 9.87. The minimum absolute atomic E-state index is 0.0845. The van der Waals surface area contributed by atoms with E-state index in [9.17, 15) is 9.90 Å². The molecule has 2 aliphatic rings. The van der Waals surface area contributed by atoms with Gasteiger partial charge in [-0.25, -0.2) is 4.98 Å². The molecule has 1 aromatic heterocycles. The minimum Gasteiger partial charge on any atom is -0.388 e. The van der Waals surface area contributed by atoms with Gasteiger partial charge in [-0.2, -0.15) is 0 Å². The van der Waals surface area contributed by atoms with Crippen molar-refractivity contribution in [3.05, 3.63) is 59.8 Å². The summed E-state index contributed by atoms with van der Waals surface area (Å²) in [5, 5.41) is 12.1. The van der Waals surface area contributed by atoms with Crippen LogP contribution in [0.25, 0.3) is 0 Å². The van der Waals surface area contributed by atoms with Crippen LogP contribution in [-0.2, 0) is 0 Å². The van der Waals surface area contributed by atoms with Crippen LogP contribution in [0.5, 0.6) is 0 Å². The van der Waals surface area contributed by atoms with Crippen molar-refractivity contribution in [2.75, 3.05) is 13.1 Å². The second kappa shape index (κ2) is 9.10. The van der Waals surface area contributed by atoms with Gasteiger partial charge in [0.1, 0.15) is 5.03 Å². The van der Waals surface area contributed by atoms with Crippen molar-refractivity contribution in [1.29, 1.82) is 0 Å². The van der Waals surface area contributed by atoms with Gasteiger partial charge in [-0.15, -0.1) is 11.8 Å². The first-order valence-electron chi connectivity index (χ1n) is 10.4. The van der Waals surface area contributed by atoms with E-state index in [0.717, 1.165) is 29.0 Å². The first kappa shape index (κ1) is 19.5.